The molecule has 1 N–H and O–H groups in total. The van der Waals surface area contributed by atoms with Crippen molar-refractivity contribution >= 4 is 17.7 Å². The third kappa shape index (κ3) is 5.41. The summed E-state index contributed by atoms with van der Waals surface area (Å²) in [5.41, 5.74) is 3.05. The molecule has 124 valence electrons. The first-order valence-electron chi connectivity index (χ1n) is 7.47. The lowest BCUT2D eigenvalue weighted by Gasteiger charge is -2.03. The first kappa shape index (κ1) is 17.6. The lowest BCUT2D eigenvalue weighted by atomic mass is 10.1. The number of nitrogens with zero attached hydrogens (tertiary/aromatic N) is 1. The minimum Gasteiger partial charge on any atom is -0.441 e. The molecule has 0 unspecified atom stereocenters. The Morgan fingerprint density at radius 3 is 2.74 bits per heavy atom. The van der Waals surface area contributed by atoms with Gasteiger partial charge in [-0.05, 0) is 26.0 Å². The molecule has 1 aromatic carbocycles. The van der Waals surface area contributed by atoms with E-state index in [4.69, 9.17) is 9.15 Å². The quantitative estimate of drug-likeness (QED) is 0.752. The fraction of sp³-hybridized carbons (Fsp3) is 0.412. The number of thioether (sulfide) groups is 1. The largest absolute Gasteiger partial charge is 0.441 e. The van der Waals surface area contributed by atoms with E-state index in [-0.39, 0.29) is 5.91 Å². The van der Waals surface area contributed by atoms with E-state index in [9.17, 15) is 4.79 Å². The van der Waals surface area contributed by atoms with Crippen LogP contribution in [0.4, 0.5) is 0 Å². The van der Waals surface area contributed by atoms with Crippen molar-refractivity contribution in [3.8, 4) is 11.5 Å². The SMILES string of the molecule is COCCNC(=O)CSCc1nc(-c2ccc(C)cc2)oc1C. The molecular formula is C17H22N2O3S. The van der Waals surface area contributed by atoms with Gasteiger partial charge in [0.2, 0.25) is 11.8 Å². The maximum absolute atomic E-state index is 11.6. The van der Waals surface area contributed by atoms with Crippen LogP contribution in [0.25, 0.3) is 11.5 Å². The van der Waals surface area contributed by atoms with Gasteiger partial charge in [0.05, 0.1) is 18.1 Å². The standard InChI is InChI=1S/C17H22N2O3S/c1-12-4-6-14(7-5-12)17-19-15(13(2)22-17)10-23-11-16(20)18-8-9-21-3/h4-7H,8-11H2,1-3H3,(H,18,20). The van der Waals surface area contributed by atoms with Crippen molar-refractivity contribution < 1.29 is 13.9 Å². The lowest BCUT2D eigenvalue weighted by Crippen LogP contribution is -2.28. The van der Waals surface area contributed by atoms with E-state index in [2.05, 4.69) is 10.3 Å². The molecule has 1 heterocycles. The normalized spacial score (nSPS) is 10.7. The van der Waals surface area contributed by atoms with Gasteiger partial charge in [0.25, 0.3) is 0 Å². The molecule has 0 aliphatic rings. The Hall–Kier alpha value is -1.79. The van der Waals surface area contributed by atoms with Crippen LogP contribution < -0.4 is 5.32 Å². The zero-order chi connectivity index (χ0) is 16.7. The van der Waals surface area contributed by atoms with Gasteiger partial charge in [-0.15, -0.1) is 11.8 Å². The third-order valence-corrected chi connectivity index (χ3v) is 4.24. The molecule has 0 spiro atoms. The maximum atomic E-state index is 11.6. The summed E-state index contributed by atoms with van der Waals surface area (Å²) in [6.45, 7) is 5.01. The number of nitrogens with one attached hydrogen (secondary N) is 1. The van der Waals surface area contributed by atoms with Crippen LogP contribution in [0.5, 0.6) is 0 Å². The van der Waals surface area contributed by atoms with Crippen LogP contribution in [0.3, 0.4) is 0 Å². The van der Waals surface area contributed by atoms with Crippen LogP contribution in [0, 0.1) is 13.8 Å². The number of carbonyl (C=O) groups is 1. The first-order valence-corrected chi connectivity index (χ1v) is 8.62. The maximum Gasteiger partial charge on any atom is 0.230 e. The molecule has 0 fully saturated rings. The van der Waals surface area contributed by atoms with Gasteiger partial charge in [-0.1, -0.05) is 17.7 Å². The average Bonchev–Trinajstić information content (AvgIpc) is 2.89. The zero-order valence-electron chi connectivity index (χ0n) is 13.7. The molecule has 5 nitrogen and oxygen atoms in total. The molecule has 0 aliphatic heterocycles. The molecule has 2 aromatic rings. The molecule has 0 saturated heterocycles. The van der Waals surface area contributed by atoms with Crippen LogP contribution in [0.15, 0.2) is 28.7 Å². The van der Waals surface area contributed by atoms with Gasteiger partial charge < -0.3 is 14.5 Å². The van der Waals surface area contributed by atoms with Crippen molar-refractivity contribution in [2.75, 3.05) is 26.0 Å². The van der Waals surface area contributed by atoms with Gasteiger partial charge in [0.1, 0.15) is 5.76 Å². The number of rotatable bonds is 8. The molecule has 23 heavy (non-hydrogen) atoms. The average molecular weight is 334 g/mol. The number of methoxy groups -OCH3 is 1. The van der Waals surface area contributed by atoms with Gasteiger partial charge in [-0.3, -0.25) is 4.79 Å². The second-order valence-corrected chi connectivity index (χ2v) is 6.21. The summed E-state index contributed by atoms with van der Waals surface area (Å²) in [5, 5.41) is 2.79. The van der Waals surface area contributed by atoms with Gasteiger partial charge in [-0.25, -0.2) is 4.98 Å². The number of carbonyl (C=O) groups excluding carboxylic acids is 1. The number of oxazole rings is 1. The van der Waals surface area contributed by atoms with Crippen molar-refractivity contribution in [1.82, 2.24) is 10.3 Å². The van der Waals surface area contributed by atoms with Gasteiger partial charge in [0, 0.05) is 25.0 Å². The molecular weight excluding hydrogens is 312 g/mol. The predicted octanol–water partition coefficient (Wildman–Crippen LogP) is 2.95. The van der Waals surface area contributed by atoms with Crippen molar-refractivity contribution in [2.24, 2.45) is 0 Å². The summed E-state index contributed by atoms with van der Waals surface area (Å²) >= 11 is 1.52. The first-order chi connectivity index (χ1) is 11.1. The number of aromatic nitrogens is 1. The van der Waals surface area contributed by atoms with Crippen molar-refractivity contribution in [3.63, 3.8) is 0 Å². The van der Waals surface area contributed by atoms with Crippen LogP contribution >= 0.6 is 11.8 Å². The van der Waals surface area contributed by atoms with E-state index in [1.165, 1.54) is 17.3 Å². The minimum atomic E-state index is 0.00644. The highest BCUT2D eigenvalue weighted by atomic mass is 32.2. The molecule has 1 aromatic heterocycles. The Labute approximate surface area is 140 Å². The van der Waals surface area contributed by atoms with E-state index < -0.39 is 0 Å². The van der Waals surface area contributed by atoms with Crippen LogP contribution in [0.2, 0.25) is 0 Å². The Morgan fingerprint density at radius 2 is 2.04 bits per heavy atom. The van der Waals surface area contributed by atoms with Crippen LogP contribution in [0.1, 0.15) is 17.0 Å². The summed E-state index contributed by atoms with van der Waals surface area (Å²) in [6, 6.07) is 8.07. The number of aryl methyl sites for hydroxylation is 2. The summed E-state index contributed by atoms with van der Waals surface area (Å²) in [7, 11) is 1.61. The highest BCUT2D eigenvalue weighted by Crippen LogP contribution is 2.24. The summed E-state index contributed by atoms with van der Waals surface area (Å²) in [5.74, 6) is 2.48. The van der Waals surface area contributed by atoms with Gasteiger partial charge in [-0.2, -0.15) is 0 Å². The fourth-order valence-corrected chi connectivity index (χ4v) is 2.82. The molecule has 1 amide bonds. The van der Waals surface area contributed by atoms with Gasteiger partial charge >= 0.3 is 0 Å². The third-order valence-electron chi connectivity index (χ3n) is 3.29. The fourth-order valence-electron chi connectivity index (χ4n) is 1.97. The number of hydrogen-bond acceptors (Lipinski definition) is 5. The van der Waals surface area contributed by atoms with E-state index in [1.54, 1.807) is 7.11 Å². The minimum absolute atomic E-state index is 0.00644. The highest BCUT2D eigenvalue weighted by Gasteiger charge is 2.12. The Morgan fingerprint density at radius 1 is 1.30 bits per heavy atom. The van der Waals surface area contributed by atoms with E-state index in [0.717, 1.165) is 17.0 Å². The molecule has 0 saturated carbocycles. The monoisotopic (exact) mass is 334 g/mol. The van der Waals surface area contributed by atoms with Crippen molar-refractivity contribution in [2.45, 2.75) is 19.6 Å². The van der Waals surface area contributed by atoms with Crippen molar-refractivity contribution in [3.05, 3.63) is 41.3 Å². The number of benzene rings is 1. The Bertz CT molecular complexity index is 638. The topological polar surface area (TPSA) is 64.4 Å². The summed E-state index contributed by atoms with van der Waals surface area (Å²) in [6.07, 6.45) is 0. The van der Waals surface area contributed by atoms with Crippen molar-refractivity contribution in [1.29, 1.82) is 0 Å². The summed E-state index contributed by atoms with van der Waals surface area (Å²) < 4.78 is 10.6. The molecule has 0 bridgehead atoms. The van der Waals surface area contributed by atoms with E-state index >= 15 is 0 Å². The predicted molar refractivity (Wildman–Crippen MR) is 92.5 cm³/mol. The Balaban J connectivity index is 1.87. The van der Waals surface area contributed by atoms with Gasteiger partial charge in [0.15, 0.2) is 0 Å². The lowest BCUT2D eigenvalue weighted by molar-refractivity contribution is -0.118. The number of ether oxygens (including phenoxy) is 1. The van der Waals surface area contributed by atoms with Crippen LogP contribution in [-0.2, 0) is 15.3 Å². The molecule has 0 atom stereocenters. The molecule has 0 radical (unpaired) electrons. The van der Waals surface area contributed by atoms with E-state index in [0.29, 0.717) is 30.5 Å². The highest BCUT2D eigenvalue weighted by molar-refractivity contribution is 7.99. The molecule has 2 rings (SSSR count). The second-order valence-electron chi connectivity index (χ2n) is 5.22. The smallest absolute Gasteiger partial charge is 0.230 e. The Kier molecular flexibility index (Phi) is 6.67. The van der Waals surface area contributed by atoms with E-state index in [1.807, 2.05) is 38.1 Å². The number of amides is 1. The second kappa shape index (κ2) is 8.74. The zero-order valence-corrected chi connectivity index (χ0v) is 14.5. The molecule has 0 aliphatic carbocycles. The summed E-state index contributed by atoms with van der Waals surface area (Å²) in [4.78, 5) is 16.2. The molecule has 6 heteroatoms. The van der Waals surface area contributed by atoms with Crippen LogP contribution in [-0.4, -0.2) is 36.9 Å². The number of hydrogen-bond donors (Lipinski definition) is 1.